The van der Waals surface area contributed by atoms with Gasteiger partial charge in [-0.1, -0.05) is 38.3 Å². The van der Waals surface area contributed by atoms with Crippen LogP contribution in [0.5, 0.6) is 0 Å². The summed E-state index contributed by atoms with van der Waals surface area (Å²) in [5.74, 6) is 1.98. The predicted molar refractivity (Wildman–Crippen MR) is 101 cm³/mol. The number of carbonyl (C=O) groups is 2. The van der Waals surface area contributed by atoms with Crippen molar-refractivity contribution in [1.29, 1.82) is 0 Å². The van der Waals surface area contributed by atoms with Crippen molar-refractivity contribution in [3.63, 3.8) is 0 Å². The average Bonchev–Trinajstić information content (AvgIpc) is 3.17. The Morgan fingerprint density at radius 2 is 1.85 bits per heavy atom. The molecular weight excluding hydrogens is 344 g/mol. The van der Waals surface area contributed by atoms with Gasteiger partial charge in [-0.3, -0.25) is 9.59 Å². The maximum absolute atomic E-state index is 12.4. The molecule has 1 aromatic heterocycles. The minimum Gasteiger partial charge on any atom is -0.353 e. The van der Waals surface area contributed by atoms with E-state index >= 15 is 0 Å². The molecule has 2 amide bonds. The number of nitrogens with one attached hydrogen (secondary N) is 1. The highest BCUT2D eigenvalue weighted by molar-refractivity contribution is 5.79. The number of rotatable bonds is 6. The summed E-state index contributed by atoms with van der Waals surface area (Å²) in [4.78, 5) is 31.0. The van der Waals surface area contributed by atoms with Crippen LogP contribution in [0, 0.1) is 5.92 Å². The summed E-state index contributed by atoms with van der Waals surface area (Å²) >= 11 is 0. The van der Waals surface area contributed by atoms with Gasteiger partial charge in [-0.15, -0.1) is 0 Å². The number of hydrogen-bond donors (Lipinski definition) is 1. The Hall–Kier alpha value is -1.92. The van der Waals surface area contributed by atoms with Crippen molar-refractivity contribution in [2.45, 2.75) is 83.6 Å². The molecule has 150 valence electrons. The van der Waals surface area contributed by atoms with Gasteiger partial charge in [-0.2, -0.15) is 4.98 Å². The number of likely N-dealkylation sites (tertiary alicyclic amines) is 1. The molecule has 0 aromatic carbocycles. The summed E-state index contributed by atoms with van der Waals surface area (Å²) in [5, 5.41) is 7.14. The number of nitrogens with zero attached hydrogens (tertiary/aromatic N) is 3. The first-order chi connectivity index (χ1) is 13.0. The Labute approximate surface area is 161 Å². The SMILES string of the molecule is CC(C)c1noc(CCC(=O)N2CCC(NC(=O)C3CCCCC3)CC2)n1. The van der Waals surface area contributed by atoms with Gasteiger partial charge in [0.2, 0.25) is 17.7 Å². The van der Waals surface area contributed by atoms with Crippen LogP contribution in [-0.4, -0.2) is 46.0 Å². The van der Waals surface area contributed by atoms with Gasteiger partial charge in [0, 0.05) is 43.8 Å². The average molecular weight is 377 g/mol. The molecule has 1 saturated carbocycles. The molecule has 7 nitrogen and oxygen atoms in total. The third-order valence-electron chi connectivity index (χ3n) is 5.72. The van der Waals surface area contributed by atoms with Crippen LogP contribution in [0.15, 0.2) is 4.52 Å². The molecular formula is C20H32N4O3. The quantitative estimate of drug-likeness (QED) is 0.825. The van der Waals surface area contributed by atoms with E-state index in [0.29, 0.717) is 37.6 Å². The van der Waals surface area contributed by atoms with E-state index < -0.39 is 0 Å². The van der Waals surface area contributed by atoms with E-state index in [1.54, 1.807) is 0 Å². The zero-order valence-electron chi connectivity index (χ0n) is 16.6. The Morgan fingerprint density at radius 3 is 2.48 bits per heavy atom. The van der Waals surface area contributed by atoms with E-state index in [1.165, 1.54) is 19.3 Å². The Bertz CT molecular complexity index is 629. The standard InChI is InChI=1S/C20H32N4O3/c1-14(2)19-22-17(27-23-19)8-9-18(25)24-12-10-16(11-13-24)21-20(26)15-6-4-3-5-7-15/h14-16H,3-13H2,1-2H3,(H,21,26). The van der Waals surface area contributed by atoms with Crippen molar-refractivity contribution in [3.05, 3.63) is 11.7 Å². The van der Waals surface area contributed by atoms with Crippen molar-refractivity contribution in [2.75, 3.05) is 13.1 Å². The monoisotopic (exact) mass is 376 g/mol. The second kappa shape index (κ2) is 9.33. The van der Waals surface area contributed by atoms with Gasteiger partial charge in [0.05, 0.1) is 0 Å². The first-order valence-electron chi connectivity index (χ1n) is 10.4. The Kier molecular flexibility index (Phi) is 6.85. The number of aryl methyl sites for hydroxylation is 1. The molecule has 1 saturated heterocycles. The maximum atomic E-state index is 12.4. The van der Waals surface area contributed by atoms with E-state index in [0.717, 1.165) is 25.7 Å². The lowest BCUT2D eigenvalue weighted by atomic mass is 9.88. The lowest BCUT2D eigenvalue weighted by Gasteiger charge is -2.33. The topological polar surface area (TPSA) is 88.3 Å². The van der Waals surface area contributed by atoms with E-state index in [9.17, 15) is 9.59 Å². The van der Waals surface area contributed by atoms with E-state index in [2.05, 4.69) is 15.5 Å². The maximum Gasteiger partial charge on any atom is 0.227 e. The lowest BCUT2D eigenvalue weighted by molar-refractivity contribution is -0.132. The largest absolute Gasteiger partial charge is 0.353 e. The van der Waals surface area contributed by atoms with Crippen molar-refractivity contribution < 1.29 is 14.1 Å². The molecule has 2 fully saturated rings. The van der Waals surface area contributed by atoms with Gasteiger partial charge in [-0.25, -0.2) is 0 Å². The van der Waals surface area contributed by atoms with Crippen LogP contribution in [0.25, 0.3) is 0 Å². The smallest absolute Gasteiger partial charge is 0.227 e. The minimum atomic E-state index is 0.122. The van der Waals surface area contributed by atoms with E-state index in [4.69, 9.17) is 4.52 Å². The highest BCUT2D eigenvalue weighted by Crippen LogP contribution is 2.24. The van der Waals surface area contributed by atoms with Crippen molar-refractivity contribution in [2.24, 2.45) is 5.92 Å². The summed E-state index contributed by atoms with van der Waals surface area (Å²) in [6.07, 6.45) is 8.19. The third-order valence-corrected chi connectivity index (χ3v) is 5.72. The molecule has 27 heavy (non-hydrogen) atoms. The molecule has 3 rings (SSSR count). The third kappa shape index (κ3) is 5.53. The van der Waals surface area contributed by atoms with Gasteiger partial charge in [0.15, 0.2) is 5.82 Å². The van der Waals surface area contributed by atoms with Crippen LogP contribution in [0.2, 0.25) is 0 Å². The fourth-order valence-corrected chi connectivity index (χ4v) is 3.93. The lowest BCUT2D eigenvalue weighted by Crippen LogP contribution is -2.48. The molecule has 7 heteroatoms. The van der Waals surface area contributed by atoms with Gasteiger partial charge >= 0.3 is 0 Å². The molecule has 0 radical (unpaired) electrons. The summed E-state index contributed by atoms with van der Waals surface area (Å²) in [6, 6.07) is 0.202. The Balaban J connectivity index is 1.37. The fourth-order valence-electron chi connectivity index (χ4n) is 3.93. The minimum absolute atomic E-state index is 0.122. The second-order valence-corrected chi connectivity index (χ2v) is 8.20. The summed E-state index contributed by atoms with van der Waals surface area (Å²) in [7, 11) is 0. The van der Waals surface area contributed by atoms with Gasteiger partial charge in [-0.05, 0) is 25.7 Å². The Morgan fingerprint density at radius 1 is 1.15 bits per heavy atom. The first-order valence-corrected chi connectivity index (χ1v) is 10.4. The molecule has 2 aliphatic rings. The van der Waals surface area contributed by atoms with E-state index in [1.807, 2.05) is 18.7 Å². The van der Waals surface area contributed by atoms with Gasteiger partial charge in [0.1, 0.15) is 0 Å². The number of carbonyl (C=O) groups excluding carboxylic acids is 2. The number of hydrogen-bond acceptors (Lipinski definition) is 5. The van der Waals surface area contributed by atoms with Crippen LogP contribution in [0.1, 0.15) is 82.8 Å². The van der Waals surface area contributed by atoms with Crippen LogP contribution >= 0.6 is 0 Å². The van der Waals surface area contributed by atoms with Crippen LogP contribution in [0.3, 0.4) is 0 Å². The van der Waals surface area contributed by atoms with Crippen molar-refractivity contribution in [1.82, 2.24) is 20.4 Å². The van der Waals surface area contributed by atoms with Gasteiger partial charge in [0.25, 0.3) is 0 Å². The number of piperidine rings is 1. The molecule has 1 aromatic rings. The number of amides is 2. The molecule has 1 aliphatic carbocycles. The van der Waals surface area contributed by atoms with E-state index in [-0.39, 0.29) is 29.7 Å². The predicted octanol–water partition coefficient (Wildman–Crippen LogP) is 2.81. The first kappa shape index (κ1) is 19.8. The fraction of sp³-hybridized carbons (Fsp3) is 0.800. The zero-order valence-corrected chi connectivity index (χ0v) is 16.6. The van der Waals surface area contributed by atoms with Crippen LogP contribution < -0.4 is 5.32 Å². The van der Waals surface area contributed by atoms with Gasteiger partial charge < -0.3 is 14.7 Å². The van der Waals surface area contributed by atoms with Crippen molar-refractivity contribution in [3.8, 4) is 0 Å². The second-order valence-electron chi connectivity index (χ2n) is 8.20. The van der Waals surface area contributed by atoms with Crippen LogP contribution in [0.4, 0.5) is 0 Å². The highest BCUT2D eigenvalue weighted by atomic mass is 16.5. The molecule has 1 N–H and O–H groups in total. The molecule has 0 unspecified atom stereocenters. The zero-order chi connectivity index (χ0) is 19.2. The summed E-state index contributed by atoms with van der Waals surface area (Å²) in [5.41, 5.74) is 0. The highest BCUT2D eigenvalue weighted by Gasteiger charge is 2.27. The molecule has 0 atom stereocenters. The molecule has 2 heterocycles. The summed E-state index contributed by atoms with van der Waals surface area (Å²) < 4.78 is 5.20. The summed E-state index contributed by atoms with van der Waals surface area (Å²) in [6.45, 7) is 5.43. The van der Waals surface area contributed by atoms with Crippen molar-refractivity contribution >= 4 is 11.8 Å². The molecule has 0 bridgehead atoms. The van der Waals surface area contributed by atoms with Crippen LogP contribution in [-0.2, 0) is 16.0 Å². The normalized spacial score (nSPS) is 19.4. The molecule has 1 aliphatic heterocycles. The number of aromatic nitrogens is 2. The molecule has 0 spiro atoms.